The van der Waals surface area contributed by atoms with Gasteiger partial charge in [-0.05, 0) is 12.8 Å². The third-order valence-electron chi connectivity index (χ3n) is 1.12. The van der Waals surface area contributed by atoms with E-state index in [1.807, 2.05) is 0 Å². The number of rotatable bonds is 5. The summed E-state index contributed by atoms with van der Waals surface area (Å²) in [5, 5.41) is 0. The topological polar surface area (TPSA) is 0 Å². The van der Waals surface area contributed by atoms with Crippen molar-refractivity contribution in [3.63, 3.8) is 0 Å². The Balaban J connectivity index is 2.53. The van der Waals surface area contributed by atoms with Gasteiger partial charge in [0.25, 0.3) is 0 Å². The van der Waals surface area contributed by atoms with Crippen LogP contribution in [0.4, 0.5) is 4.39 Å². The minimum Gasteiger partial charge on any atom is -0.251 e. The smallest absolute Gasteiger partial charge is 0.0926 e. The van der Waals surface area contributed by atoms with Crippen LogP contribution in [0.1, 0.15) is 32.6 Å². The van der Waals surface area contributed by atoms with Gasteiger partial charge in [-0.15, -0.1) is 0 Å². The van der Waals surface area contributed by atoms with Gasteiger partial charge in [0.1, 0.15) is 0 Å². The zero-order valence-corrected chi connectivity index (χ0v) is 5.49. The Labute approximate surface area is 51.1 Å². The average molecular weight is 117 g/mol. The molecule has 0 aliphatic carbocycles. The predicted octanol–water partition coefficient (Wildman–Crippen LogP) is 2.74. The summed E-state index contributed by atoms with van der Waals surface area (Å²) in [6.45, 7) is 1.89. The van der Waals surface area contributed by atoms with Crippen molar-refractivity contribution >= 4 is 0 Å². The van der Waals surface area contributed by atoms with Crippen molar-refractivity contribution in [2.75, 3.05) is 6.67 Å². The van der Waals surface area contributed by atoms with Crippen molar-refractivity contribution in [1.29, 1.82) is 0 Å². The van der Waals surface area contributed by atoms with E-state index in [1.165, 1.54) is 12.8 Å². The second-order valence-electron chi connectivity index (χ2n) is 1.94. The van der Waals surface area contributed by atoms with Crippen molar-refractivity contribution in [2.45, 2.75) is 32.6 Å². The molecule has 0 unspecified atom stereocenters. The summed E-state index contributed by atoms with van der Waals surface area (Å²) in [5.41, 5.74) is 0. The normalized spacial score (nSPS) is 9.75. The summed E-state index contributed by atoms with van der Waals surface area (Å²) >= 11 is 0. The van der Waals surface area contributed by atoms with Crippen LogP contribution in [0.15, 0.2) is 0 Å². The number of alkyl halides is 1. The monoisotopic (exact) mass is 117 g/mol. The van der Waals surface area contributed by atoms with E-state index in [-0.39, 0.29) is 6.67 Å². The van der Waals surface area contributed by atoms with Crippen LogP contribution < -0.4 is 0 Å². The number of halogens is 1. The molecule has 0 aromatic rings. The van der Waals surface area contributed by atoms with E-state index in [0.717, 1.165) is 12.8 Å². The molecule has 0 heterocycles. The first-order chi connectivity index (χ1) is 3.91. The Morgan fingerprint density at radius 3 is 2.62 bits per heavy atom. The van der Waals surface area contributed by atoms with Gasteiger partial charge in [-0.2, -0.15) is 0 Å². The SMILES string of the molecule is CCCCC[CH]CF. The summed E-state index contributed by atoms with van der Waals surface area (Å²) in [4.78, 5) is 0. The standard InChI is InChI=1S/C7H14F/c1-2-3-4-5-6-7-8/h6H,2-5,7H2,1H3. The lowest BCUT2D eigenvalue weighted by Crippen LogP contribution is -1.78. The van der Waals surface area contributed by atoms with Crippen LogP contribution in [0, 0.1) is 6.42 Å². The van der Waals surface area contributed by atoms with Crippen LogP contribution in [0.25, 0.3) is 0 Å². The highest BCUT2D eigenvalue weighted by molar-refractivity contribution is 4.60. The van der Waals surface area contributed by atoms with Crippen LogP contribution >= 0.6 is 0 Å². The Hall–Kier alpha value is -0.0700. The van der Waals surface area contributed by atoms with Crippen molar-refractivity contribution in [1.82, 2.24) is 0 Å². The molecular formula is C7H14F. The van der Waals surface area contributed by atoms with E-state index >= 15 is 0 Å². The Morgan fingerprint density at radius 1 is 1.38 bits per heavy atom. The summed E-state index contributed by atoms with van der Waals surface area (Å²) in [6, 6.07) is 0. The van der Waals surface area contributed by atoms with E-state index in [1.54, 1.807) is 6.42 Å². The molecule has 0 aliphatic heterocycles. The molecule has 8 heavy (non-hydrogen) atoms. The number of unbranched alkanes of at least 4 members (excludes halogenated alkanes) is 4. The van der Waals surface area contributed by atoms with Crippen molar-refractivity contribution in [2.24, 2.45) is 0 Å². The fourth-order valence-corrected chi connectivity index (χ4v) is 0.616. The Bertz CT molecular complexity index is 29.4. The van der Waals surface area contributed by atoms with E-state index in [9.17, 15) is 4.39 Å². The maximum atomic E-state index is 11.4. The summed E-state index contributed by atoms with van der Waals surface area (Å²) in [7, 11) is 0. The molecule has 0 saturated heterocycles. The van der Waals surface area contributed by atoms with Crippen LogP contribution in [0.2, 0.25) is 0 Å². The van der Waals surface area contributed by atoms with Crippen LogP contribution in [0.3, 0.4) is 0 Å². The summed E-state index contributed by atoms with van der Waals surface area (Å²) < 4.78 is 11.4. The van der Waals surface area contributed by atoms with Crippen molar-refractivity contribution in [3.05, 3.63) is 6.42 Å². The molecule has 0 atom stereocenters. The lowest BCUT2D eigenvalue weighted by Gasteiger charge is -1.92. The van der Waals surface area contributed by atoms with Gasteiger partial charge in [0.2, 0.25) is 0 Å². The molecule has 0 saturated carbocycles. The van der Waals surface area contributed by atoms with Gasteiger partial charge in [0.05, 0.1) is 6.67 Å². The third-order valence-corrected chi connectivity index (χ3v) is 1.12. The highest BCUT2D eigenvalue weighted by Gasteiger charge is 1.85. The third kappa shape index (κ3) is 5.93. The minimum atomic E-state index is -0.260. The molecule has 0 bridgehead atoms. The summed E-state index contributed by atoms with van der Waals surface area (Å²) in [5.74, 6) is 0. The summed E-state index contributed by atoms with van der Waals surface area (Å²) in [6.07, 6.45) is 6.25. The van der Waals surface area contributed by atoms with Gasteiger partial charge in [-0.3, -0.25) is 4.39 Å². The van der Waals surface area contributed by atoms with Gasteiger partial charge in [-0.25, -0.2) is 0 Å². The predicted molar refractivity (Wildman–Crippen MR) is 34.4 cm³/mol. The lowest BCUT2D eigenvalue weighted by molar-refractivity contribution is 0.519. The fraction of sp³-hybridized carbons (Fsp3) is 0.857. The van der Waals surface area contributed by atoms with E-state index in [4.69, 9.17) is 0 Å². The Kier molecular flexibility index (Phi) is 6.87. The van der Waals surface area contributed by atoms with Gasteiger partial charge in [-0.1, -0.05) is 26.2 Å². The largest absolute Gasteiger partial charge is 0.251 e. The highest BCUT2D eigenvalue weighted by atomic mass is 19.1. The lowest BCUT2D eigenvalue weighted by atomic mass is 10.2. The average Bonchev–Trinajstić information content (AvgIpc) is 1.81. The fourth-order valence-electron chi connectivity index (χ4n) is 0.616. The maximum absolute atomic E-state index is 11.4. The first kappa shape index (κ1) is 7.93. The van der Waals surface area contributed by atoms with Crippen molar-refractivity contribution < 1.29 is 4.39 Å². The molecule has 0 spiro atoms. The quantitative estimate of drug-likeness (QED) is 0.486. The molecule has 0 amide bonds. The van der Waals surface area contributed by atoms with Gasteiger partial charge in [0.15, 0.2) is 0 Å². The zero-order chi connectivity index (χ0) is 6.24. The minimum absolute atomic E-state index is 0.260. The Morgan fingerprint density at radius 2 is 2.12 bits per heavy atom. The van der Waals surface area contributed by atoms with Gasteiger partial charge >= 0.3 is 0 Å². The molecule has 0 aliphatic rings. The molecular weight excluding hydrogens is 103 g/mol. The second-order valence-corrected chi connectivity index (χ2v) is 1.94. The molecule has 0 N–H and O–H groups in total. The first-order valence-electron chi connectivity index (χ1n) is 3.29. The van der Waals surface area contributed by atoms with E-state index in [2.05, 4.69) is 6.92 Å². The molecule has 0 aromatic heterocycles. The molecule has 0 rings (SSSR count). The maximum Gasteiger partial charge on any atom is 0.0926 e. The van der Waals surface area contributed by atoms with Crippen LogP contribution in [-0.2, 0) is 0 Å². The number of hydrogen-bond acceptors (Lipinski definition) is 0. The molecule has 49 valence electrons. The zero-order valence-electron chi connectivity index (χ0n) is 5.49. The molecule has 1 heteroatoms. The second kappa shape index (κ2) is 6.93. The van der Waals surface area contributed by atoms with E-state index in [0.29, 0.717) is 0 Å². The molecule has 1 radical (unpaired) electrons. The van der Waals surface area contributed by atoms with Crippen LogP contribution in [-0.4, -0.2) is 6.67 Å². The molecule has 0 fully saturated rings. The van der Waals surface area contributed by atoms with Gasteiger partial charge in [0, 0.05) is 0 Å². The number of hydrogen-bond donors (Lipinski definition) is 0. The molecule has 0 nitrogen and oxygen atoms in total. The van der Waals surface area contributed by atoms with Crippen LogP contribution in [0.5, 0.6) is 0 Å². The van der Waals surface area contributed by atoms with Crippen molar-refractivity contribution in [3.8, 4) is 0 Å². The highest BCUT2D eigenvalue weighted by Crippen LogP contribution is 2.00. The first-order valence-corrected chi connectivity index (χ1v) is 3.29. The molecule has 0 aromatic carbocycles. The van der Waals surface area contributed by atoms with Gasteiger partial charge < -0.3 is 0 Å². The van der Waals surface area contributed by atoms with E-state index < -0.39 is 0 Å².